The number of rotatable bonds is 6. The summed E-state index contributed by atoms with van der Waals surface area (Å²) in [5.41, 5.74) is 6.27. The third-order valence-corrected chi connectivity index (χ3v) is 4.61. The molecule has 0 radical (unpaired) electrons. The Morgan fingerprint density at radius 1 is 1.48 bits per heavy atom. The molecule has 0 atom stereocenters. The number of nitrogen functional groups attached to an aromatic ring is 1. The number of hydrogen-bond acceptors (Lipinski definition) is 5. The first-order chi connectivity index (χ1) is 9.92. The molecule has 1 aromatic heterocycles. The van der Waals surface area contributed by atoms with Crippen molar-refractivity contribution in [2.45, 2.75) is 11.4 Å². The molecule has 0 saturated carbocycles. The van der Waals surface area contributed by atoms with Crippen LogP contribution in [0, 0.1) is 0 Å². The monoisotopic (exact) mass is 374 g/mol. The lowest BCUT2D eigenvalue weighted by Crippen LogP contribution is -2.14. The van der Waals surface area contributed by atoms with Gasteiger partial charge < -0.3 is 10.5 Å². The smallest absolute Gasteiger partial charge is 0.264 e. The number of hydrogen-bond donors (Lipinski definition) is 2. The van der Waals surface area contributed by atoms with E-state index in [9.17, 15) is 8.42 Å². The zero-order valence-corrected chi connectivity index (χ0v) is 13.7. The van der Waals surface area contributed by atoms with Crippen molar-refractivity contribution in [3.8, 4) is 0 Å². The number of anilines is 2. The highest BCUT2D eigenvalue weighted by Gasteiger charge is 2.18. The van der Waals surface area contributed by atoms with Crippen LogP contribution in [0.1, 0.15) is 0 Å². The highest BCUT2D eigenvalue weighted by Crippen LogP contribution is 2.25. The Hall–Kier alpha value is -1.58. The highest BCUT2D eigenvalue weighted by atomic mass is 79.9. The van der Waals surface area contributed by atoms with Gasteiger partial charge in [0.2, 0.25) is 0 Å². The van der Waals surface area contributed by atoms with E-state index >= 15 is 0 Å². The molecule has 0 unspecified atom stereocenters. The van der Waals surface area contributed by atoms with Crippen molar-refractivity contribution in [1.29, 1.82) is 0 Å². The molecule has 7 nitrogen and oxygen atoms in total. The van der Waals surface area contributed by atoms with Crippen LogP contribution in [0.5, 0.6) is 0 Å². The van der Waals surface area contributed by atoms with Crippen molar-refractivity contribution in [3.05, 3.63) is 35.1 Å². The second-order valence-electron chi connectivity index (χ2n) is 4.27. The van der Waals surface area contributed by atoms with E-state index in [4.69, 9.17) is 10.5 Å². The van der Waals surface area contributed by atoms with Gasteiger partial charge >= 0.3 is 0 Å². The third kappa shape index (κ3) is 3.96. The number of sulfonamides is 1. The Balaban J connectivity index is 2.21. The number of ether oxygens (including phenoxy) is 1. The number of methoxy groups -OCH3 is 1. The molecule has 114 valence electrons. The number of aromatic nitrogens is 2. The lowest BCUT2D eigenvalue weighted by molar-refractivity contribution is 0.183. The van der Waals surface area contributed by atoms with Crippen molar-refractivity contribution in [2.24, 2.45) is 0 Å². The Labute approximate surface area is 131 Å². The van der Waals surface area contributed by atoms with Gasteiger partial charge in [0.25, 0.3) is 10.0 Å². The summed E-state index contributed by atoms with van der Waals surface area (Å²) in [4.78, 5) is 0.0153. The molecule has 9 heteroatoms. The summed E-state index contributed by atoms with van der Waals surface area (Å²) in [6, 6.07) is 4.66. The average molecular weight is 375 g/mol. The van der Waals surface area contributed by atoms with Gasteiger partial charge in [0, 0.05) is 17.8 Å². The SMILES string of the molecule is COCCn1cc(NS(=O)(=O)c2cc(Br)ccc2N)cn1. The number of nitrogens with two attached hydrogens (primary N) is 1. The van der Waals surface area contributed by atoms with E-state index in [2.05, 4.69) is 25.8 Å². The summed E-state index contributed by atoms with van der Waals surface area (Å²) in [7, 11) is -2.18. The fraction of sp³-hybridized carbons (Fsp3) is 0.250. The molecule has 0 aliphatic rings. The molecule has 0 spiro atoms. The maximum Gasteiger partial charge on any atom is 0.264 e. The Morgan fingerprint density at radius 2 is 2.24 bits per heavy atom. The lowest BCUT2D eigenvalue weighted by Gasteiger charge is -2.09. The first kappa shape index (κ1) is 15.8. The normalized spacial score (nSPS) is 11.5. The topological polar surface area (TPSA) is 99.2 Å². The molecule has 2 aromatic rings. The van der Waals surface area contributed by atoms with Crippen LogP contribution < -0.4 is 10.5 Å². The van der Waals surface area contributed by atoms with Crippen LogP contribution in [0.3, 0.4) is 0 Å². The van der Waals surface area contributed by atoms with E-state index in [0.717, 1.165) is 0 Å². The number of nitrogens with one attached hydrogen (secondary N) is 1. The summed E-state index contributed by atoms with van der Waals surface area (Å²) in [6.07, 6.45) is 3.02. The third-order valence-electron chi connectivity index (χ3n) is 2.68. The van der Waals surface area contributed by atoms with Gasteiger partial charge in [-0.2, -0.15) is 5.10 Å². The first-order valence-electron chi connectivity index (χ1n) is 6.01. The molecular formula is C12H15BrN4O3S. The summed E-state index contributed by atoms with van der Waals surface area (Å²) < 4.78 is 34.2. The molecule has 3 N–H and O–H groups in total. The largest absolute Gasteiger partial charge is 0.398 e. The Morgan fingerprint density at radius 3 is 2.95 bits per heavy atom. The van der Waals surface area contributed by atoms with Crippen LogP contribution in [0.4, 0.5) is 11.4 Å². The van der Waals surface area contributed by atoms with Crippen molar-refractivity contribution in [3.63, 3.8) is 0 Å². The summed E-state index contributed by atoms with van der Waals surface area (Å²) in [5, 5.41) is 4.04. The summed E-state index contributed by atoms with van der Waals surface area (Å²) >= 11 is 3.23. The van der Waals surface area contributed by atoms with Crippen molar-refractivity contribution in [1.82, 2.24) is 9.78 Å². The molecule has 0 bridgehead atoms. The Kier molecular flexibility index (Phi) is 4.86. The van der Waals surface area contributed by atoms with Crippen molar-refractivity contribution in [2.75, 3.05) is 24.2 Å². The molecule has 2 rings (SSSR count). The summed E-state index contributed by atoms with van der Waals surface area (Å²) in [5.74, 6) is 0. The van der Waals surface area contributed by atoms with E-state index < -0.39 is 10.0 Å². The zero-order valence-electron chi connectivity index (χ0n) is 11.3. The molecular weight excluding hydrogens is 360 g/mol. The molecule has 0 saturated heterocycles. The molecule has 1 heterocycles. The van der Waals surface area contributed by atoms with Crippen LogP contribution in [0.2, 0.25) is 0 Å². The van der Waals surface area contributed by atoms with Gasteiger partial charge in [0.1, 0.15) is 4.90 Å². The predicted octanol–water partition coefficient (Wildman–Crippen LogP) is 1.68. The van der Waals surface area contributed by atoms with Crippen LogP contribution in [0.25, 0.3) is 0 Å². The second kappa shape index (κ2) is 6.46. The minimum absolute atomic E-state index is 0.0153. The van der Waals surface area contributed by atoms with E-state index in [0.29, 0.717) is 23.3 Å². The van der Waals surface area contributed by atoms with Gasteiger partial charge in [0.15, 0.2) is 0 Å². The molecule has 0 amide bonds. The van der Waals surface area contributed by atoms with Crippen LogP contribution in [-0.4, -0.2) is 31.9 Å². The van der Waals surface area contributed by atoms with E-state index in [1.165, 1.54) is 18.3 Å². The van der Waals surface area contributed by atoms with Gasteiger partial charge in [-0.1, -0.05) is 15.9 Å². The van der Waals surface area contributed by atoms with Crippen molar-refractivity contribution >= 4 is 37.3 Å². The maximum atomic E-state index is 12.3. The van der Waals surface area contributed by atoms with E-state index in [1.807, 2.05) is 0 Å². The van der Waals surface area contributed by atoms with Gasteiger partial charge in [0.05, 0.1) is 30.7 Å². The van der Waals surface area contributed by atoms with Gasteiger partial charge in [-0.05, 0) is 18.2 Å². The van der Waals surface area contributed by atoms with Gasteiger partial charge in [-0.3, -0.25) is 9.40 Å². The van der Waals surface area contributed by atoms with Gasteiger partial charge in [-0.25, -0.2) is 8.42 Å². The van der Waals surface area contributed by atoms with E-state index in [-0.39, 0.29) is 10.6 Å². The van der Waals surface area contributed by atoms with Crippen molar-refractivity contribution < 1.29 is 13.2 Å². The predicted molar refractivity (Wildman–Crippen MR) is 83.5 cm³/mol. The standard InChI is InChI=1S/C12H15BrN4O3S/c1-20-5-4-17-8-10(7-15-17)16-21(18,19)12-6-9(13)2-3-11(12)14/h2-3,6-8,16H,4-5,14H2,1H3. The molecule has 1 aromatic carbocycles. The zero-order chi connectivity index (χ0) is 15.5. The Bertz CT molecular complexity index is 730. The van der Waals surface area contributed by atoms with Crippen LogP contribution in [0.15, 0.2) is 40.0 Å². The van der Waals surface area contributed by atoms with Gasteiger partial charge in [-0.15, -0.1) is 0 Å². The molecule has 21 heavy (non-hydrogen) atoms. The second-order valence-corrected chi connectivity index (χ2v) is 6.84. The number of nitrogens with zero attached hydrogens (tertiary/aromatic N) is 2. The van der Waals surface area contributed by atoms with Crippen LogP contribution in [-0.2, 0) is 21.3 Å². The van der Waals surface area contributed by atoms with E-state index in [1.54, 1.807) is 24.1 Å². The molecule has 0 fully saturated rings. The molecule has 0 aliphatic carbocycles. The highest BCUT2D eigenvalue weighted by molar-refractivity contribution is 9.10. The number of benzene rings is 1. The maximum absolute atomic E-state index is 12.3. The summed E-state index contributed by atoms with van der Waals surface area (Å²) in [6.45, 7) is 1.03. The van der Waals surface area contributed by atoms with Crippen LogP contribution >= 0.6 is 15.9 Å². The molecule has 0 aliphatic heterocycles. The minimum Gasteiger partial charge on any atom is -0.398 e. The minimum atomic E-state index is -3.76. The fourth-order valence-corrected chi connectivity index (χ4v) is 3.37. The lowest BCUT2D eigenvalue weighted by atomic mass is 10.3. The number of halogens is 1. The fourth-order valence-electron chi connectivity index (χ4n) is 1.67. The average Bonchev–Trinajstić information content (AvgIpc) is 2.86. The quantitative estimate of drug-likeness (QED) is 0.749. The first-order valence-corrected chi connectivity index (χ1v) is 8.29.